The molecule has 0 aliphatic carbocycles. The van der Waals surface area contributed by atoms with Crippen LogP contribution in [-0.4, -0.2) is 35.8 Å². The molecule has 4 N–H and O–H groups in total. The topological polar surface area (TPSA) is 82.1 Å². The van der Waals surface area contributed by atoms with E-state index < -0.39 is 0 Å². The van der Waals surface area contributed by atoms with Gasteiger partial charge in [0.05, 0.1) is 0 Å². The molecule has 0 unspecified atom stereocenters. The summed E-state index contributed by atoms with van der Waals surface area (Å²) in [6.07, 6.45) is 0.730. The number of hydrogen-bond donors (Lipinski definition) is 3. The summed E-state index contributed by atoms with van der Waals surface area (Å²) < 4.78 is 0.776. The van der Waals surface area contributed by atoms with Gasteiger partial charge < -0.3 is 20.9 Å². The summed E-state index contributed by atoms with van der Waals surface area (Å²) in [5, 5.41) is 20.5. The second-order valence-corrected chi connectivity index (χ2v) is 4.66. The van der Waals surface area contributed by atoms with Crippen LogP contribution < -0.4 is 10.6 Å². The van der Waals surface area contributed by atoms with Gasteiger partial charge in [-0.15, -0.1) is 0 Å². The summed E-state index contributed by atoms with van der Waals surface area (Å²) >= 11 is 3.41. The number of oxime groups is 1. The van der Waals surface area contributed by atoms with Crippen LogP contribution in [0.4, 0.5) is 5.69 Å². The molecule has 1 rings (SSSR count). The van der Waals surface area contributed by atoms with Gasteiger partial charge in [-0.2, -0.15) is 0 Å². The van der Waals surface area contributed by atoms with Crippen molar-refractivity contribution < 1.29 is 10.3 Å². The van der Waals surface area contributed by atoms with E-state index in [0.29, 0.717) is 5.56 Å². The molecule has 0 bridgehead atoms. The van der Waals surface area contributed by atoms with Crippen LogP contribution in [0.5, 0.6) is 0 Å². The molecule has 0 spiro atoms. The van der Waals surface area contributed by atoms with Crippen LogP contribution in [0.25, 0.3) is 0 Å². The van der Waals surface area contributed by atoms with E-state index in [0.717, 1.165) is 29.7 Å². The number of hydrogen-bond acceptors (Lipinski definition) is 4. The van der Waals surface area contributed by atoms with Gasteiger partial charge in [0.2, 0.25) is 0 Å². The van der Waals surface area contributed by atoms with E-state index in [1.165, 1.54) is 0 Å². The fourth-order valence-corrected chi connectivity index (χ4v) is 2.26. The quantitative estimate of drug-likeness (QED) is 0.323. The van der Waals surface area contributed by atoms with Crippen molar-refractivity contribution in [1.82, 2.24) is 0 Å². The molecule has 18 heavy (non-hydrogen) atoms. The van der Waals surface area contributed by atoms with Crippen LogP contribution >= 0.6 is 15.9 Å². The van der Waals surface area contributed by atoms with Crippen molar-refractivity contribution in [3.8, 4) is 0 Å². The third-order valence-electron chi connectivity index (χ3n) is 2.67. The van der Waals surface area contributed by atoms with Crippen LogP contribution in [0.15, 0.2) is 27.8 Å². The summed E-state index contributed by atoms with van der Waals surface area (Å²) in [7, 11) is 0. The lowest BCUT2D eigenvalue weighted by molar-refractivity contribution is 0.289. The molecule has 0 aliphatic rings. The fourth-order valence-electron chi connectivity index (χ4n) is 1.69. The van der Waals surface area contributed by atoms with E-state index in [4.69, 9.17) is 16.0 Å². The molecule has 0 aliphatic heterocycles. The maximum atomic E-state index is 8.87. The van der Waals surface area contributed by atoms with Gasteiger partial charge in [-0.3, -0.25) is 0 Å². The molecule has 1 aromatic rings. The summed E-state index contributed by atoms with van der Waals surface area (Å²) in [6.45, 7) is 3.89. The van der Waals surface area contributed by atoms with E-state index >= 15 is 0 Å². The first-order valence-corrected chi connectivity index (χ1v) is 6.56. The number of nitrogens with two attached hydrogens (primary N) is 1. The Morgan fingerprint density at radius 2 is 2.22 bits per heavy atom. The Balaban J connectivity index is 2.95. The Labute approximate surface area is 115 Å². The van der Waals surface area contributed by atoms with Crippen molar-refractivity contribution in [2.45, 2.75) is 13.3 Å². The van der Waals surface area contributed by atoms with Crippen LogP contribution in [0.1, 0.15) is 18.9 Å². The van der Waals surface area contributed by atoms with Gasteiger partial charge in [-0.05, 0) is 47.5 Å². The van der Waals surface area contributed by atoms with Crippen LogP contribution in [-0.2, 0) is 0 Å². The van der Waals surface area contributed by atoms with Crippen molar-refractivity contribution in [3.05, 3.63) is 28.2 Å². The largest absolute Gasteiger partial charge is 0.409 e. The molecule has 1 aromatic carbocycles. The highest BCUT2D eigenvalue weighted by Gasteiger charge is 2.09. The van der Waals surface area contributed by atoms with Gasteiger partial charge in [0.1, 0.15) is 0 Å². The zero-order valence-electron chi connectivity index (χ0n) is 10.3. The van der Waals surface area contributed by atoms with E-state index in [-0.39, 0.29) is 12.4 Å². The van der Waals surface area contributed by atoms with Gasteiger partial charge in [0, 0.05) is 35.4 Å². The lowest BCUT2D eigenvalue weighted by Gasteiger charge is -2.23. The molecule has 0 atom stereocenters. The first-order valence-electron chi connectivity index (χ1n) is 5.77. The Bertz CT molecular complexity index is 424. The normalized spacial score (nSPS) is 11.6. The first-order chi connectivity index (χ1) is 8.63. The number of aliphatic hydroxyl groups excluding tert-OH is 1. The first kappa shape index (κ1) is 14.8. The lowest BCUT2D eigenvalue weighted by Crippen LogP contribution is -2.25. The van der Waals surface area contributed by atoms with Gasteiger partial charge in [0.15, 0.2) is 5.84 Å². The molecule has 0 amide bonds. The number of rotatable bonds is 6. The maximum absolute atomic E-state index is 8.87. The Morgan fingerprint density at radius 3 is 2.72 bits per heavy atom. The second-order valence-electron chi connectivity index (χ2n) is 3.81. The lowest BCUT2D eigenvalue weighted by atomic mass is 10.1. The van der Waals surface area contributed by atoms with Crippen molar-refractivity contribution in [2.75, 3.05) is 24.6 Å². The zero-order valence-corrected chi connectivity index (χ0v) is 11.9. The predicted octanol–water partition coefficient (Wildman–Crippen LogP) is 1.75. The van der Waals surface area contributed by atoms with Gasteiger partial charge in [-0.25, -0.2) is 0 Å². The second kappa shape index (κ2) is 7.23. The number of amidine groups is 1. The van der Waals surface area contributed by atoms with Crippen molar-refractivity contribution >= 4 is 27.5 Å². The number of benzene rings is 1. The third-order valence-corrected chi connectivity index (χ3v) is 3.33. The number of anilines is 1. The molecule has 0 saturated heterocycles. The SMILES string of the molecule is CCN(CCCO)c1ccc(/C(N)=N/O)c(Br)c1. The number of halogens is 1. The van der Waals surface area contributed by atoms with Crippen LogP contribution in [0, 0.1) is 0 Å². The van der Waals surface area contributed by atoms with Gasteiger partial charge in [-0.1, -0.05) is 5.16 Å². The van der Waals surface area contributed by atoms with E-state index in [1.54, 1.807) is 6.07 Å². The monoisotopic (exact) mass is 315 g/mol. The van der Waals surface area contributed by atoms with Gasteiger partial charge >= 0.3 is 0 Å². The minimum absolute atomic E-state index is 0.0758. The van der Waals surface area contributed by atoms with Crippen molar-refractivity contribution in [3.63, 3.8) is 0 Å². The molecule has 100 valence electrons. The van der Waals surface area contributed by atoms with Crippen LogP contribution in [0.2, 0.25) is 0 Å². The molecule has 0 aromatic heterocycles. The minimum atomic E-state index is 0.0758. The number of aliphatic hydroxyl groups is 1. The predicted molar refractivity (Wildman–Crippen MR) is 76.2 cm³/mol. The van der Waals surface area contributed by atoms with Crippen molar-refractivity contribution in [1.29, 1.82) is 0 Å². The molecule has 0 heterocycles. The fraction of sp³-hybridized carbons (Fsp3) is 0.417. The minimum Gasteiger partial charge on any atom is -0.409 e. The molecule has 5 nitrogen and oxygen atoms in total. The van der Waals surface area contributed by atoms with Gasteiger partial charge in [0.25, 0.3) is 0 Å². The smallest absolute Gasteiger partial charge is 0.171 e. The summed E-state index contributed by atoms with van der Waals surface area (Å²) in [5.41, 5.74) is 7.24. The average molecular weight is 316 g/mol. The highest BCUT2D eigenvalue weighted by molar-refractivity contribution is 9.10. The molecule has 0 saturated carbocycles. The maximum Gasteiger partial charge on any atom is 0.171 e. The molecule has 0 fully saturated rings. The molecular weight excluding hydrogens is 298 g/mol. The Kier molecular flexibility index (Phi) is 5.94. The van der Waals surface area contributed by atoms with E-state index in [1.807, 2.05) is 12.1 Å². The molecule has 6 heteroatoms. The van der Waals surface area contributed by atoms with Crippen molar-refractivity contribution in [2.24, 2.45) is 10.9 Å². The standard InChI is InChI=1S/C12H18BrN3O2/c1-2-16(6-3-7-17)9-4-5-10(11(13)8-9)12(14)15-18/h4-5,8,17-18H,2-3,6-7H2,1H3,(H2,14,15). The highest BCUT2D eigenvalue weighted by atomic mass is 79.9. The van der Waals surface area contributed by atoms with E-state index in [9.17, 15) is 0 Å². The zero-order chi connectivity index (χ0) is 13.5. The number of nitrogens with zero attached hydrogens (tertiary/aromatic N) is 2. The molecular formula is C12H18BrN3O2. The summed E-state index contributed by atoms with van der Waals surface area (Å²) in [5.74, 6) is 0.0758. The highest BCUT2D eigenvalue weighted by Crippen LogP contribution is 2.24. The summed E-state index contributed by atoms with van der Waals surface area (Å²) in [6, 6.07) is 5.64. The van der Waals surface area contributed by atoms with E-state index in [2.05, 4.69) is 32.9 Å². The Morgan fingerprint density at radius 1 is 1.50 bits per heavy atom. The average Bonchev–Trinajstić information content (AvgIpc) is 2.39. The third kappa shape index (κ3) is 3.61. The molecule has 0 radical (unpaired) electrons. The Hall–Kier alpha value is -1.27. The summed E-state index contributed by atoms with van der Waals surface area (Å²) in [4.78, 5) is 2.15. The van der Waals surface area contributed by atoms with Crippen LogP contribution in [0.3, 0.4) is 0 Å².